The van der Waals surface area contributed by atoms with Gasteiger partial charge in [-0.1, -0.05) is 0 Å². The predicted octanol–water partition coefficient (Wildman–Crippen LogP) is 1.82. The van der Waals surface area contributed by atoms with Crippen molar-refractivity contribution in [3.63, 3.8) is 0 Å². The summed E-state index contributed by atoms with van der Waals surface area (Å²) in [7, 11) is 0. The second-order valence-electron chi connectivity index (χ2n) is 6.71. The Labute approximate surface area is 106 Å². The van der Waals surface area contributed by atoms with Crippen LogP contribution >= 0.6 is 0 Å². The molecular weight excluding hydrogens is 226 g/mol. The van der Waals surface area contributed by atoms with Crippen LogP contribution in [0.4, 0.5) is 5.82 Å². The first-order chi connectivity index (χ1) is 8.64. The monoisotopic (exact) mass is 245 g/mol. The Kier molecular flexibility index (Phi) is 1.98. The van der Waals surface area contributed by atoms with E-state index in [1.54, 1.807) is 6.20 Å². The molecule has 0 radical (unpaired) electrons. The second kappa shape index (κ2) is 3.37. The van der Waals surface area contributed by atoms with Crippen molar-refractivity contribution in [1.29, 1.82) is 0 Å². The number of anilines is 1. The van der Waals surface area contributed by atoms with E-state index in [-0.39, 0.29) is 11.1 Å². The van der Waals surface area contributed by atoms with Crippen molar-refractivity contribution in [2.24, 2.45) is 17.8 Å². The predicted molar refractivity (Wildman–Crippen MR) is 69.1 cm³/mol. The molecule has 96 valence electrons. The molecule has 4 aliphatic carbocycles. The number of hydrogen-bond acceptors (Lipinski definition) is 3. The topological polar surface area (TPSA) is 71.8 Å². The molecule has 3 N–H and O–H groups in total. The lowest BCUT2D eigenvalue weighted by atomic mass is 9.48. The average Bonchev–Trinajstić information content (AvgIpc) is 2.26. The van der Waals surface area contributed by atoms with Gasteiger partial charge in [-0.25, -0.2) is 9.78 Å². The van der Waals surface area contributed by atoms with Crippen LogP contribution in [0.3, 0.4) is 0 Å². The SMILES string of the molecule is Nc1[nH]c(=O)ncc1C12CC3CC(CC(C3)C1)C2. The number of nitrogens with two attached hydrogens (primary N) is 1. The summed E-state index contributed by atoms with van der Waals surface area (Å²) >= 11 is 0. The van der Waals surface area contributed by atoms with Crippen LogP contribution in [0.15, 0.2) is 11.0 Å². The fraction of sp³-hybridized carbons (Fsp3) is 0.714. The van der Waals surface area contributed by atoms with Crippen LogP contribution in [0, 0.1) is 17.8 Å². The molecule has 0 unspecified atom stereocenters. The van der Waals surface area contributed by atoms with E-state index in [1.807, 2.05) is 0 Å². The van der Waals surface area contributed by atoms with Crippen molar-refractivity contribution in [1.82, 2.24) is 9.97 Å². The van der Waals surface area contributed by atoms with E-state index >= 15 is 0 Å². The van der Waals surface area contributed by atoms with Gasteiger partial charge < -0.3 is 5.73 Å². The van der Waals surface area contributed by atoms with Gasteiger partial charge in [0.1, 0.15) is 5.82 Å². The number of nitrogens with zero attached hydrogens (tertiary/aromatic N) is 1. The van der Waals surface area contributed by atoms with Gasteiger partial charge in [-0.15, -0.1) is 0 Å². The summed E-state index contributed by atoms with van der Waals surface area (Å²) in [6, 6.07) is 0. The Bertz CT molecular complexity index is 513. The van der Waals surface area contributed by atoms with Crippen LogP contribution < -0.4 is 11.4 Å². The maximum Gasteiger partial charge on any atom is 0.346 e. The molecule has 1 aromatic rings. The van der Waals surface area contributed by atoms with E-state index in [2.05, 4.69) is 9.97 Å². The van der Waals surface area contributed by atoms with Crippen molar-refractivity contribution in [2.75, 3.05) is 5.73 Å². The Morgan fingerprint density at radius 2 is 1.72 bits per heavy atom. The van der Waals surface area contributed by atoms with Gasteiger partial charge in [0.25, 0.3) is 0 Å². The third-order valence-electron chi connectivity index (χ3n) is 5.45. The Balaban J connectivity index is 1.81. The lowest BCUT2D eigenvalue weighted by molar-refractivity contribution is -0.00513. The van der Waals surface area contributed by atoms with Crippen molar-refractivity contribution in [3.8, 4) is 0 Å². The highest BCUT2D eigenvalue weighted by molar-refractivity contribution is 5.44. The van der Waals surface area contributed by atoms with Crippen LogP contribution in [0.2, 0.25) is 0 Å². The number of nitrogen functional groups attached to an aromatic ring is 1. The summed E-state index contributed by atoms with van der Waals surface area (Å²) in [4.78, 5) is 17.8. The van der Waals surface area contributed by atoms with Gasteiger partial charge in [-0.05, 0) is 56.3 Å². The molecule has 1 heterocycles. The smallest absolute Gasteiger partial charge is 0.346 e. The fourth-order valence-corrected chi connectivity index (χ4v) is 5.27. The lowest BCUT2D eigenvalue weighted by Crippen LogP contribution is -2.49. The number of hydrogen-bond donors (Lipinski definition) is 2. The molecule has 5 rings (SSSR count). The van der Waals surface area contributed by atoms with E-state index in [9.17, 15) is 4.79 Å². The van der Waals surface area contributed by atoms with Crippen LogP contribution in [0.25, 0.3) is 0 Å². The quantitative estimate of drug-likeness (QED) is 0.792. The molecule has 4 saturated carbocycles. The van der Waals surface area contributed by atoms with Gasteiger partial charge in [-0.3, -0.25) is 4.98 Å². The van der Waals surface area contributed by atoms with Crippen LogP contribution in [0.5, 0.6) is 0 Å². The summed E-state index contributed by atoms with van der Waals surface area (Å²) < 4.78 is 0. The highest BCUT2D eigenvalue weighted by Crippen LogP contribution is 2.61. The van der Waals surface area contributed by atoms with Gasteiger partial charge in [0, 0.05) is 17.2 Å². The zero-order chi connectivity index (χ0) is 12.3. The van der Waals surface area contributed by atoms with E-state index in [0.717, 1.165) is 23.3 Å². The molecule has 18 heavy (non-hydrogen) atoms. The number of aromatic amines is 1. The van der Waals surface area contributed by atoms with E-state index < -0.39 is 0 Å². The van der Waals surface area contributed by atoms with E-state index in [4.69, 9.17) is 5.73 Å². The second-order valence-corrected chi connectivity index (χ2v) is 6.71. The van der Waals surface area contributed by atoms with Gasteiger partial charge in [0.15, 0.2) is 0 Å². The maximum absolute atomic E-state index is 11.2. The van der Waals surface area contributed by atoms with Gasteiger partial charge in [0.05, 0.1) is 0 Å². The van der Waals surface area contributed by atoms with Crippen molar-refractivity contribution < 1.29 is 0 Å². The Morgan fingerprint density at radius 3 is 2.22 bits per heavy atom. The number of H-pyrrole nitrogens is 1. The summed E-state index contributed by atoms with van der Waals surface area (Å²) in [5, 5.41) is 0. The summed E-state index contributed by atoms with van der Waals surface area (Å²) in [6.45, 7) is 0. The maximum atomic E-state index is 11.2. The highest BCUT2D eigenvalue weighted by atomic mass is 16.1. The van der Waals surface area contributed by atoms with Gasteiger partial charge in [0.2, 0.25) is 0 Å². The van der Waals surface area contributed by atoms with Gasteiger partial charge >= 0.3 is 5.69 Å². The minimum atomic E-state index is -0.332. The number of rotatable bonds is 1. The largest absolute Gasteiger partial charge is 0.385 e. The van der Waals surface area contributed by atoms with Crippen LogP contribution in [-0.4, -0.2) is 9.97 Å². The number of nitrogens with one attached hydrogen (secondary N) is 1. The minimum Gasteiger partial charge on any atom is -0.385 e. The summed E-state index contributed by atoms with van der Waals surface area (Å²) in [5.41, 5.74) is 7.05. The zero-order valence-electron chi connectivity index (χ0n) is 10.5. The average molecular weight is 245 g/mol. The first-order valence-corrected chi connectivity index (χ1v) is 7.00. The first kappa shape index (κ1) is 10.6. The molecule has 0 spiro atoms. The van der Waals surface area contributed by atoms with Crippen LogP contribution in [0.1, 0.15) is 44.1 Å². The molecule has 0 aliphatic heterocycles. The molecule has 0 saturated heterocycles. The normalized spacial score (nSPS) is 41.2. The summed E-state index contributed by atoms with van der Waals surface area (Å²) in [6.07, 6.45) is 9.72. The standard InChI is InChI=1S/C14H19N3O/c15-12-11(7-16-13(18)17-12)14-4-8-1-9(5-14)3-10(2-8)6-14/h7-10H,1-6H2,(H3,15,16,17,18). The molecule has 4 aliphatic rings. The van der Waals surface area contributed by atoms with E-state index in [1.165, 1.54) is 38.5 Å². The molecule has 0 amide bonds. The molecule has 4 nitrogen and oxygen atoms in total. The molecule has 0 atom stereocenters. The van der Waals surface area contributed by atoms with Gasteiger partial charge in [-0.2, -0.15) is 0 Å². The van der Waals surface area contributed by atoms with Crippen molar-refractivity contribution >= 4 is 5.82 Å². The molecule has 4 heteroatoms. The van der Waals surface area contributed by atoms with E-state index in [0.29, 0.717) is 5.82 Å². The van der Waals surface area contributed by atoms with Crippen molar-refractivity contribution in [3.05, 3.63) is 22.2 Å². The molecule has 1 aromatic heterocycles. The summed E-state index contributed by atoms with van der Waals surface area (Å²) in [5.74, 6) is 3.18. The molecule has 4 fully saturated rings. The molecule has 4 bridgehead atoms. The first-order valence-electron chi connectivity index (χ1n) is 7.00. The number of aromatic nitrogens is 2. The fourth-order valence-electron chi connectivity index (χ4n) is 5.27. The third-order valence-corrected chi connectivity index (χ3v) is 5.45. The Hall–Kier alpha value is -1.32. The van der Waals surface area contributed by atoms with Crippen molar-refractivity contribution in [2.45, 2.75) is 43.9 Å². The minimum absolute atomic E-state index is 0.218. The third kappa shape index (κ3) is 1.38. The Morgan fingerprint density at radius 1 is 1.17 bits per heavy atom. The lowest BCUT2D eigenvalue weighted by Gasteiger charge is -2.57. The molecular formula is C14H19N3O. The van der Waals surface area contributed by atoms with Crippen LogP contribution in [-0.2, 0) is 5.41 Å². The molecule has 0 aromatic carbocycles. The highest BCUT2D eigenvalue weighted by Gasteiger charge is 2.52. The zero-order valence-corrected chi connectivity index (χ0v) is 10.5.